The molecule has 1 heterocycles. The zero-order chi connectivity index (χ0) is 18.1. The highest BCUT2D eigenvalue weighted by Crippen LogP contribution is 2.39. The lowest BCUT2D eigenvalue weighted by Crippen LogP contribution is -2.01. The van der Waals surface area contributed by atoms with Gasteiger partial charge in [-0.25, -0.2) is 9.78 Å². The predicted octanol–water partition coefficient (Wildman–Crippen LogP) is 4.69. The van der Waals surface area contributed by atoms with E-state index in [0.29, 0.717) is 32.6 Å². The maximum Gasteiger partial charge on any atom is 0.336 e. The molecule has 5 nitrogen and oxygen atoms in total. The van der Waals surface area contributed by atoms with Crippen LogP contribution in [0, 0.1) is 6.92 Å². The van der Waals surface area contributed by atoms with Gasteiger partial charge in [0.25, 0.3) is 0 Å². The third kappa shape index (κ3) is 3.05. The van der Waals surface area contributed by atoms with Crippen LogP contribution in [0.4, 0.5) is 0 Å². The van der Waals surface area contributed by atoms with E-state index in [0.717, 1.165) is 11.1 Å². The quantitative estimate of drug-likeness (QED) is 0.686. The van der Waals surface area contributed by atoms with Gasteiger partial charge in [0.05, 0.1) is 35.5 Å². The number of ether oxygens (including phenoxy) is 2. The van der Waals surface area contributed by atoms with E-state index in [1.165, 1.54) is 0 Å². The molecule has 0 aliphatic carbocycles. The molecule has 0 unspecified atom stereocenters. The lowest BCUT2D eigenvalue weighted by molar-refractivity contribution is 0.0699. The fraction of sp³-hybridized carbons (Fsp3) is 0.158. The Labute approximate surface area is 153 Å². The Kier molecular flexibility index (Phi) is 4.63. The predicted molar refractivity (Wildman–Crippen MR) is 99.7 cm³/mol. The zero-order valence-corrected chi connectivity index (χ0v) is 15.5. The van der Waals surface area contributed by atoms with Crippen molar-refractivity contribution in [2.24, 2.45) is 0 Å². The van der Waals surface area contributed by atoms with Gasteiger partial charge in [-0.1, -0.05) is 18.2 Å². The highest BCUT2D eigenvalue weighted by molar-refractivity contribution is 9.10. The van der Waals surface area contributed by atoms with E-state index in [1.807, 2.05) is 25.1 Å². The number of benzene rings is 2. The van der Waals surface area contributed by atoms with Gasteiger partial charge >= 0.3 is 5.97 Å². The molecule has 3 aromatic rings. The second kappa shape index (κ2) is 6.72. The first-order valence-corrected chi connectivity index (χ1v) is 8.31. The van der Waals surface area contributed by atoms with Crippen LogP contribution in [0.25, 0.3) is 22.2 Å². The number of aromatic nitrogens is 1. The average Bonchev–Trinajstić information content (AvgIpc) is 2.60. The van der Waals surface area contributed by atoms with Crippen LogP contribution in [0.2, 0.25) is 0 Å². The largest absolute Gasteiger partial charge is 0.493 e. The number of carbonyl (C=O) groups is 1. The van der Waals surface area contributed by atoms with Crippen molar-refractivity contribution < 1.29 is 19.4 Å². The lowest BCUT2D eigenvalue weighted by atomic mass is 10.0. The molecule has 6 heteroatoms. The molecule has 0 fully saturated rings. The van der Waals surface area contributed by atoms with Crippen molar-refractivity contribution in [1.82, 2.24) is 4.98 Å². The zero-order valence-electron chi connectivity index (χ0n) is 14.0. The van der Waals surface area contributed by atoms with Gasteiger partial charge in [0.1, 0.15) is 0 Å². The molecule has 0 saturated heterocycles. The average molecular weight is 402 g/mol. The molecule has 1 aromatic heterocycles. The van der Waals surface area contributed by atoms with Gasteiger partial charge in [-0.15, -0.1) is 0 Å². The van der Waals surface area contributed by atoms with Gasteiger partial charge in [0.2, 0.25) is 0 Å². The number of fused-ring (bicyclic) bond motifs is 1. The molecule has 0 radical (unpaired) electrons. The topological polar surface area (TPSA) is 68.7 Å². The molecular weight excluding hydrogens is 386 g/mol. The van der Waals surface area contributed by atoms with Gasteiger partial charge in [0.15, 0.2) is 11.5 Å². The first kappa shape index (κ1) is 17.2. The van der Waals surface area contributed by atoms with Gasteiger partial charge in [0, 0.05) is 10.9 Å². The van der Waals surface area contributed by atoms with Crippen LogP contribution in [-0.4, -0.2) is 30.3 Å². The van der Waals surface area contributed by atoms with Crippen LogP contribution >= 0.6 is 15.9 Å². The van der Waals surface area contributed by atoms with Gasteiger partial charge in [-0.3, -0.25) is 0 Å². The summed E-state index contributed by atoms with van der Waals surface area (Å²) in [6.45, 7) is 1.91. The van der Waals surface area contributed by atoms with Crippen molar-refractivity contribution in [2.75, 3.05) is 14.2 Å². The Bertz CT molecular complexity index is 985. The Morgan fingerprint density at radius 2 is 1.92 bits per heavy atom. The number of aromatic carboxylic acids is 1. The fourth-order valence-corrected chi connectivity index (χ4v) is 3.39. The summed E-state index contributed by atoms with van der Waals surface area (Å²) in [7, 11) is 3.11. The number of carboxylic acid groups (broad SMARTS) is 1. The summed E-state index contributed by atoms with van der Waals surface area (Å²) in [5.74, 6) is 0.121. The summed E-state index contributed by atoms with van der Waals surface area (Å²) < 4.78 is 11.4. The van der Waals surface area contributed by atoms with Crippen molar-refractivity contribution in [1.29, 1.82) is 0 Å². The highest BCUT2D eigenvalue weighted by atomic mass is 79.9. The normalized spacial score (nSPS) is 10.7. The number of rotatable bonds is 4. The number of nitrogens with zero attached hydrogens (tertiary/aromatic N) is 1. The van der Waals surface area contributed by atoms with E-state index < -0.39 is 5.97 Å². The number of aryl methyl sites for hydroxylation is 1. The van der Waals surface area contributed by atoms with E-state index >= 15 is 0 Å². The van der Waals surface area contributed by atoms with Crippen molar-refractivity contribution in [2.45, 2.75) is 6.92 Å². The molecule has 0 aliphatic heterocycles. The molecule has 0 spiro atoms. The third-order valence-corrected chi connectivity index (χ3v) is 4.59. The number of pyridine rings is 1. The summed E-state index contributed by atoms with van der Waals surface area (Å²) >= 11 is 3.46. The SMILES string of the molecule is COc1cc(-c2cc(C(=O)O)c3cccc(C)c3n2)cc(Br)c1OC. The number of hydrogen-bond donors (Lipinski definition) is 1. The van der Waals surface area contributed by atoms with Gasteiger partial charge in [-0.2, -0.15) is 0 Å². The maximum atomic E-state index is 11.7. The van der Waals surface area contributed by atoms with Crippen molar-refractivity contribution in [3.8, 4) is 22.8 Å². The molecule has 0 saturated carbocycles. The summed E-state index contributed by atoms with van der Waals surface area (Å²) in [6.07, 6.45) is 0. The minimum absolute atomic E-state index is 0.217. The molecule has 3 rings (SSSR count). The van der Waals surface area contributed by atoms with Crippen molar-refractivity contribution >= 4 is 32.8 Å². The third-order valence-electron chi connectivity index (χ3n) is 4.00. The summed E-state index contributed by atoms with van der Waals surface area (Å²) in [5.41, 5.74) is 3.09. The van der Waals surface area contributed by atoms with E-state index in [2.05, 4.69) is 20.9 Å². The van der Waals surface area contributed by atoms with Crippen LogP contribution in [0.1, 0.15) is 15.9 Å². The Morgan fingerprint density at radius 3 is 2.56 bits per heavy atom. The first-order chi connectivity index (χ1) is 12.0. The minimum Gasteiger partial charge on any atom is -0.493 e. The number of carboxylic acids is 1. The Morgan fingerprint density at radius 1 is 1.16 bits per heavy atom. The van der Waals surface area contributed by atoms with Crippen LogP contribution in [0.15, 0.2) is 40.9 Å². The Hall–Kier alpha value is -2.60. The van der Waals surface area contributed by atoms with Gasteiger partial charge < -0.3 is 14.6 Å². The monoisotopic (exact) mass is 401 g/mol. The molecule has 1 N–H and O–H groups in total. The second-order valence-electron chi connectivity index (χ2n) is 5.52. The number of methoxy groups -OCH3 is 2. The molecule has 2 aromatic carbocycles. The molecule has 0 amide bonds. The van der Waals surface area contributed by atoms with E-state index in [1.54, 1.807) is 32.4 Å². The van der Waals surface area contributed by atoms with E-state index in [4.69, 9.17) is 9.47 Å². The van der Waals surface area contributed by atoms with Crippen LogP contribution in [0.3, 0.4) is 0 Å². The summed E-state index contributed by atoms with van der Waals surface area (Å²) in [6, 6.07) is 10.7. The standard InChI is InChI=1S/C19H16BrNO4/c1-10-5-4-6-12-13(19(22)23)9-15(21-17(10)12)11-7-14(20)18(25-3)16(8-11)24-2/h4-9H,1-3H3,(H,22,23). The van der Waals surface area contributed by atoms with Crippen molar-refractivity contribution in [3.05, 3.63) is 52.0 Å². The van der Waals surface area contributed by atoms with E-state index in [-0.39, 0.29) is 5.56 Å². The smallest absolute Gasteiger partial charge is 0.336 e. The first-order valence-electron chi connectivity index (χ1n) is 7.51. The number of para-hydroxylation sites is 1. The minimum atomic E-state index is -0.987. The fourth-order valence-electron chi connectivity index (χ4n) is 2.78. The highest BCUT2D eigenvalue weighted by Gasteiger charge is 2.17. The molecular formula is C19H16BrNO4. The van der Waals surface area contributed by atoms with Crippen LogP contribution in [-0.2, 0) is 0 Å². The van der Waals surface area contributed by atoms with Crippen molar-refractivity contribution in [3.63, 3.8) is 0 Å². The molecule has 0 bridgehead atoms. The summed E-state index contributed by atoms with van der Waals surface area (Å²) in [4.78, 5) is 16.4. The summed E-state index contributed by atoms with van der Waals surface area (Å²) in [5, 5.41) is 10.2. The maximum absolute atomic E-state index is 11.7. The van der Waals surface area contributed by atoms with Gasteiger partial charge in [-0.05, 0) is 46.6 Å². The van der Waals surface area contributed by atoms with E-state index in [9.17, 15) is 9.90 Å². The number of halogens is 1. The van der Waals surface area contributed by atoms with Crippen LogP contribution in [0.5, 0.6) is 11.5 Å². The second-order valence-corrected chi connectivity index (χ2v) is 6.38. The van der Waals surface area contributed by atoms with Crippen LogP contribution < -0.4 is 9.47 Å². The lowest BCUT2D eigenvalue weighted by Gasteiger charge is -2.13. The molecule has 128 valence electrons. The molecule has 0 atom stereocenters. The molecule has 0 aliphatic rings. The number of hydrogen-bond acceptors (Lipinski definition) is 4. The Balaban J connectivity index is 2.31. The molecule has 25 heavy (non-hydrogen) atoms.